The van der Waals surface area contributed by atoms with Crippen LogP contribution in [-0.4, -0.2) is 64.8 Å². The van der Waals surface area contributed by atoms with Crippen molar-refractivity contribution in [3.05, 3.63) is 0 Å². The molecule has 0 bridgehead atoms. The highest BCUT2D eigenvalue weighted by Crippen LogP contribution is 2.15. The molecule has 10 nitrogen and oxygen atoms in total. The van der Waals surface area contributed by atoms with E-state index in [0.717, 1.165) is 82.3 Å². The lowest BCUT2D eigenvalue weighted by Crippen LogP contribution is -2.48. The van der Waals surface area contributed by atoms with Crippen molar-refractivity contribution in [1.82, 2.24) is 15.7 Å². The molecule has 1 fully saturated rings. The normalized spacial score (nSPS) is 13.8. The Morgan fingerprint density at radius 2 is 1.37 bits per heavy atom. The number of hydrogen-bond donors (Lipinski definition) is 3. The van der Waals surface area contributed by atoms with Gasteiger partial charge in [0.1, 0.15) is 0 Å². The summed E-state index contributed by atoms with van der Waals surface area (Å²) in [7, 11) is 0. The summed E-state index contributed by atoms with van der Waals surface area (Å²) in [4.78, 5) is 59.2. The van der Waals surface area contributed by atoms with Crippen LogP contribution in [0.5, 0.6) is 0 Å². The molecule has 0 saturated carbocycles. The fraction of sp³-hybridized carbons (Fsp3) is 0.868. The van der Waals surface area contributed by atoms with Gasteiger partial charge < -0.3 is 21.2 Å². The Hall–Kier alpha value is -2.14. The number of imide groups is 1. The Morgan fingerprint density at radius 1 is 0.796 bits per heavy atom. The van der Waals surface area contributed by atoms with Gasteiger partial charge in [-0.05, 0) is 37.4 Å². The van der Waals surface area contributed by atoms with Crippen molar-refractivity contribution >= 4 is 41.4 Å². The molecule has 1 saturated heterocycles. The van der Waals surface area contributed by atoms with Gasteiger partial charge in [0.15, 0.2) is 0 Å². The number of nitrogens with two attached hydrogens (primary N) is 1. The molecule has 0 aliphatic carbocycles. The van der Waals surface area contributed by atoms with Crippen molar-refractivity contribution in [3.8, 4) is 0 Å². The second-order valence-electron chi connectivity index (χ2n) is 12.6. The second kappa shape index (κ2) is 37.1. The van der Waals surface area contributed by atoms with Crippen molar-refractivity contribution < 1.29 is 28.8 Å². The first-order valence-electron chi connectivity index (χ1n) is 19.3. The maximum Gasteiger partial charge on any atom is 0.330 e. The SMILES string of the molecule is CC.CC(=O)ON1C(=O)CCC1=O.CCCCC(C)CCC.CCCCNC(=O)CCCCCCCC[C@@H](NC(C)=O)[C@@H](N)CSCCC. The van der Waals surface area contributed by atoms with Crippen LogP contribution in [-0.2, 0) is 28.8 Å². The van der Waals surface area contributed by atoms with Crippen LogP contribution >= 0.6 is 11.8 Å². The number of carbonyl (C=O) groups is 5. The molecule has 0 spiro atoms. The number of rotatable bonds is 24. The maximum absolute atomic E-state index is 11.6. The van der Waals surface area contributed by atoms with Crippen molar-refractivity contribution in [2.24, 2.45) is 11.7 Å². The Labute approximate surface area is 304 Å². The largest absolute Gasteiger partial charge is 0.356 e. The van der Waals surface area contributed by atoms with E-state index in [2.05, 4.69) is 50.1 Å². The van der Waals surface area contributed by atoms with E-state index >= 15 is 0 Å². The van der Waals surface area contributed by atoms with Gasteiger partial charge in [0.05, 0.1) is 0 Å². The van der Waals surface area contributed by atoms with Gasteiger partial charge in [-0.2, -0.15) is 11.8 Å². The first-order chi connectivity index (χ1) is 23.4. The van der Waals surface area contributed by atoms with Gasteiger partial charge in [0, 0.05) is 57.5 Å². The van der Waals surface area contributed by atoms with Crippen LogP contribution in [0.15, 0.2) is 0 Å². The molecule has 49 heavy (non-hydrogen) atoms. The molecule has 0 aromatic rings. The molecule has 290 valence electrons. The minimum absolute atomic E-state index is 0.00755. The molecule has 1 aliphatic heterocycles. The van der Waals surface area contributed by atoms with E-state index in [1.807, 2.05) is 25.6 Å². The summed E-state index contributed by atoms with van der Waals surface area (Å²) in [5.41, 5.74) is 6.29. The highest BCUT2D eigenvalue weighted by atomic mass is 32.2. The van der Waals surface area contributed by atoms with E-state index in [-0.39, 0.29) is 36.7 Å². The third kappa shape index (κ3) is 34.1. The smallest absolute Gasteiger partial charge is 0.330 e. The van der Waals surface area contributed by atoms with Gasteiger partial charge >= 0.3 is 5.97 Å². The molecule has 0 radical (unpaired) electrons. The van der Waals surface area contributed by atoms with E-state index in [0.29, 0.717) is 11.5 Å². The molecule has 4 amide bonds. The second-order valence-corrected chi connectivity index (χ2v) is 13.8. The molecule has 1 aliphatic rings. The molecule has 0 aromatic heterocycles. The number of hydrogen-bond acceptors (Lipinski definition) is 8. The minimum Gasteiger partial charge on any atom is -0.356 e. The first-order valence-corrected chi connectivity index (χ1v) is 20.5. The van der Waals surface area contributed by atoms with E-state index < -0.39 is 17.8 Å². The topological polar surface area (TPSA) is 148 Å². The lowest BCUT2D eigenvalue weighted by atomic mass is 10.00. The third-order valence-electron chi connectivity index (χ3n) is 7.64. The summed E-state index contributed by atoms with van der Waals surface area (Å²) in [5, 5.41) is 6.51. The summed E-state index contributed by atoms with van der Waals surface area (Å²) < 4.78 is 0. The van der Waals surface area contributed by atoms with Crippen LogP contribution in [0.4, 0.5) is 0 Å². The van der Waals surface area contributed by atoms with Gasteiger partial charge in [0.2, 0.25) is 11.8 Å². The number of hydroxylamine groups is 2. The van der Waals surface area contributed by atoms with Crippen molar-refractivity contribution in [1.29, 1.82) is 0 Å². The highest BCUT2D eigenvalue weighted by Gasteiger charge is 2.31. The number of amides is 4. The van der Waals surface area contributed by atoms with Gasteiger partial charge in [-0.15, -0.1) is 5.06 Å². The summed E-state index contributed by atoms with van der Waals surface area (Å²) in [6.45, 7) is 18.7. The Kier molecular flexibility index (Phi) is 38.8. The number of nitrogens with zero attached hydrogens (tertiary/aromatic N) is 1. The van der Waals surface area contributed by atoms with Gasteiger partial charge in [0.25, 0.3) is 11.8 Å². The van der Waals surface area contributed by atoms with Crippen LogP contribution in [0.1, 0.15) is 178 Å². The molecule has 1 heterocycles. The summed E-state index contributed by atoms with van der Waals surface area (Å²) in [6.07, 6.45) is 18.9. The molecule has 0 aromatic carbocycles. The lowest BCUT2D eigenvalue weighted by Gasteiger charge is -2.24. The van der Waals surface area contributed by atoms with E-state index in [1.165, 1.54) is 44.9 Å². The Bertz CT molecular complexity index is 829. The van der Waals surface area contributed by atoms with Crippen molar-refractivity contribution in [2.75, 3.05) is 18.1 Å². The van der Waals surface area contributed by atoms with Gasteiger partial charge in [-0.25, -0.2) is 4.79 Å². The fourth-order valence-corrected chi connectivity index (χ4v) is 5.92. The zero-order valence-corrected chi connectivity index (χ0v) is 33.8. The predicted octanol–water partition coefficient (Wildman–Crippen LogP) is 8.25. The molecule has 11 heteroatoms. The quantitative estimate of drug-likeness (QED) is 0.0668. The summed E-state index contributed by atoms with van der Waals surface area (Å²) in [6, 6.07) is 0.107. The molecule has 4 N–H and O–H groups in total. The van der Waals surface area contributed by atoms with Gasteiger partial charge in [-0.3, -0.25) is 19.2 Å². The molecular formula is C38H76N4O6S. The Balaban J connectivity index is -0.000000779. The van der Waals surface area contributed by atoms with Crippen LogP contribution in [0.2, 0.25) is 0 Å². The summed E-state index contributed by atoms with van der Waals surface area (Å²) >= 11 is 1.87. The van der Waals surface area contributed by atoms with Crippen LogP contribution in [0.3, 0.4) is 0 Å². The lowest BCUT2D eigenvalue weighted by molar-refractivity contribution is -0.195. The standard InChI is InChI=1S/C21H43N3O2S.C9H20.C6H7NO4.C2H6/c1-4-6-15-23-21(26)14-12-10-8-7-9-11-13-20(24-18(3)25)19(22)17-27-16-5-2;1-4-6-8-9(3)7-5-2;1-4(8)11-7-5(9)2-3-6(7)10;1-2/h19-20H,4-17,22H2,1-3H3,(H,23,26)(H,24,25);9H,4-8H2,1-3H3;2-3H2,1H3;1-2H3/t19-,20+;;;/m0.../s1. The van der Waals surface area contributed by atoms with E-state index in [9.17, 15) is 24.0 Å². The number of thioether (sulfide) groups is 1. The van der Waals surface area contributed by atoms with E-state index in [4.69, 9.17) is 5.73 Å². The van der Waals surface area contributed by atoms with Crippen molar-refractivity contribution in [2.45, 2.75) is 190 Å². The third-order valence-corrected chi connectivity index (χ3v) is 8.96. The monoisotopic (exact) mass is 717 g/mol. The number of unbranched alkanes of at least 4 members (excludes halogenated alkanes) is 7. The molecule has 1 unspecified atom stereocenters. The zero-order chi connectivity index (χ0) is 37.9. The average Bonchev–Trinajstić information content (AvgIpc) is 3.37. The predicted molar refractivity (Wildman–Crippen MR) is 206 cm³/mol. The van der Waals surface area contributed by atoms with Crippen molar-refractivity contribution in [3.63, 3.8) is 0 Å². The van der Waals surface area contributed by atoms with Crippen LogP contribution in [0, 0.1) is 5.92 Å². The van der Waals surface area contributed by atoms with Crippen LogP contribution in [0.25, 0.3) is 0 Å². The van der Waals surface area contributed by atoms with E-state index in [1.54, 1.807) is 6.92 Å². The first kappa shape index (κ1) is 51.2. The van der Waals surface area contributed by atoms with Gasteiger partial charge in [-0.1, -0.05) is 119 Å². The molecule has 3 atom stereocenters. The van der Waals surface area contributed by atoms with Crippen LogP contribution < -0.4 is 16.4 Å². The zero-order valence-electron chi connectivity index (χ0n) is 33.0. The minimum atomic E-state index is -0.659. The highest BCUT2D eigenvalue weighted by molar-refractivity contribution is 7.99. The summed E-state index contributed by atoms with van der Waals surface area (Å²) in [5.74, 6) is 1.62. The Morgan fingerprint density at radius 3 is 1.88 bits per heavy atom. The average molecular weight is 717 g/mol. The fourth-order valence-electron chi connectivity index (χ4n) is 4.96. The maximum atomic E-state index is 11.6. The number of carbonyl (C=O) groups excluding carboxylic acids is 5. The molecule has 1 rings (SSSR count). The number of nitrogens with one attached hydrogen (secondary N) is 2. The molecular weight excluding hydrogens is 641 g/mol.